The molecule has 0 unspecified atom stereocenters. The Morgan fingerprint density at radius 1 is 1.38 bits per heavy atom. The molecule has 0 spiro atoms. The first kappa shape index (κ1) is 10.1. The summed E-state index contributed by atoms with van der Waals surface area (Å²) in [5.74, 6) is 2.78. The van der Waals surface area contributed by atoms with Crippen LogP contribution in [0.2, 0.25) is 0 Å². The van der Waals surface area contributed by atoms with E-state index in [4.69, 9.17) is 4.74 Å². The van der Waals surface area contributed by atoms with E-state index in [0.717, 1.165) is 12.8 Å². The van der Waals surface area contributed by atoms with Crippen LogP contribution in [0.3, 0.4) is 0 Å². The Labute approximate surface area is 79.1 Å². The highest BCUT2D eigenvalue weighted by Crippen LogP contribution is 2.14. The summed E-state index contributed by atoms with van der Waals surface area (Å²) in [6.45, 7) is 1.39. The molecule has 0 aromatic carbocycles. The summed E-state index contributed by atoms with van der Waals surface area (Å²) in [5, 5.41) is 0. The van der Waals surface area contributed by atoms with Crippen LogP contribution in [0.4, 0.5) is 0 Å². The van der Waals surface area contributed by atoms with Gasteiger partial charge in [0.1, 0.15) is 0 Å². The number of rotatable bonds is 1. The number of carbonyl (C=O) groups is 1. The second-order valence-corrected chi connectivity index (χ2v) is 3.38. The van der Waals surface area contributed by atoms with Crippen LogP contribution in [0, 0.1) is 17.9 Å². The van der Waals surface area contributed by atoms with Gasteiger partial charge in [-0.3, -0.25) is 4.79 Å². The third-order valence-corrected chi connectivity index (χ3v) is 1.99. The van der Waals surface area contributed by atoms with E-state index in [9.17, 15) is 4.79 Å². The number of ether oxygens (including phenoxy) is 1. The zero-order valence-electron chi connectivity index (χ0n) is 8.17. The van der Waals surface area contributed by atoms with Crippen LogP contribution in [0.1, 0.15) is 12.8 Å². The van der Waals surface area contributed by atoms with Gasteiger partial charge >= 0.3 is 0 Å². The molecular weight excluding hydrogens is 166 g/mol. The monoisotopic (exact) mass is 181 g/mol. The van der Waals surface area contributed by atoms with Crippen molar-refractivity contribution < 1.29 is 9.53 Å². The van der Waals surface area contributed by atoms with E-state index >= 15 is 0 Å². The van der Waals surface area contributed by atoms with E-state index in [1.54, 1.807) is 4.90 Å². The maximum atomic E-state index is 11.4. The van der Waals surface area contributed by atoms with Gasteiger partial charge in [0.05, 0.1) is 0 Å². The number of ketones is 1. The van der Waals surface area contributed by atoms with E-state index in [-0.39, 0.29) is 11.7 Å². The first-order chi connectivity index (χ1) is 6.20. The molecule has 0 aromatic heterocycles. The average Bonchev–Trinajstić information content (AvgIpc) is 2.15. The molecule has 1 aliphatic rings. The smallest absolute Gasteiger partial charge is 0.210 e. The van der Waals surface area contributed by atoms with Crippen molar-refractivity contribution in [1.82, 2.24) is 4.90 Å². The molecule has 0 bridgehead atoms. The second kappa shape index (κ2) is 4.88. The summed E-state index contributed by atoms with van der Waals surface area (Å²) in [6.07, 6.45) is 1.64. The highest BCUT2D eigenvalue weighted by molar-refractivity contribution is 5.97. The van der Waals surface area contributed by atoms with Crippen LogP contribution in [0.15, 0.2) is 0 Å². The topological polar surface area (TPSA) is 29.5 Å². The molecule has 72 valence electrons. The molecule has 0 aliphatic carbocycles. The normalized spacial score (nSPS) is 17.4. The Morgan fingerprint density at radius 3 is 2.54 bits per heavy atom. The number of Topliss-reactive ketones (excluding diaryl/α,β-unsaturated/α-hetero) is 1. The molecule has 1 heterocycles. The molecule has 0 saturated carbocycles. The Kier molecular flexibility index (Phi) is 3.78. The zero-order chi connectivity index (χ0) is 9.68. The Balaban J connectivity index is 2.43. The summed E-state index contributed by atoms with van der Waals surface area (Å²) in [4.78, 5) is 13.1. The largest absolute Gasteiger partial charge is 0.381 e. The lowest BCUT2D eigenvalue weighted by molar-refractivity contribution is -0.120. The van der Waals surface area contributed by atoms with Gasteiger partial charge in [-0.2, -0.15) is 0 Å². The van der Waals surface area contributed by atoms with Crippen LogP contribution >= 0.6 is 0 Å². The lowest BCUT2D eigenvalue weighted by atomic mass is 9.96. The zero-order valence-corrected chi connectivity index (χ0v) is 8.17. The predicted octanol–water partition coefficient (Wildman–Crippen LogP) is 0.505. The van der Waals surface area contributed by atoms with Crippen molar-refractivity contribution in [3.63, 3.8) is 0 Å². The second-order valence-electron chi connectivity index (χ2n) is 3.38. The van der Waals surface area contributed by atoms with E-state index in [0.29, 0.717) is 13.2 Å². The van der Waals surface area contributed by atoms with Crippen LogP contribution in [0.25, 0.3) is 0 Å². The van der Waals surface area contributed by atoms with Gasteiger partial charge in [0.25, 0.3) is 0 Å². The fraction of sp³-hybridized carbons (Fsp3) is 0.700. The summed E-state index contributed by atoms with van der Waals surface area (Å²) >= 11 is 0. The molecule has 1 rings (SSSR count). The van der Waals surface area contributed by atoms with Crippen molar-refractivity contribution in [2.75, 3.05) is 27.3 Å². The van der Waals surface area contributed by atoms with Gasteiger partial charge in [-0.25, -0.2) is 0 Å². The van der Waals surface area contributed by atoms with Gasteiger partial charge in [-0.1, -0.05) is 0 Å². The number of hydrogen-bond acceptors (Lipinski definition) is 3. The third kappa shape index (κ3) is 3.47. The molecule has 1 saturated heterocycles. The molecule has 1 aliphatic heterocycles. The van der Waals surface area contributed by atoms with Gasteiger partial charge in [0, 0.05) is 39.3 Å². The highest BCUT2D eigenvalue weighted by atomic mass is 16.5. The lowest BCUT2D eigenvalue weighted by Gasteiger charge is -2.18. The number of carbonyl (C=O) groups excluding carboxylic acids is 1. The van der Waals surface area contributed by atoms with Crippen molar-refractivity contribution >= 4 is 5.78 Å². The third-order valence-electron chi connectivity index (χ3n) is 1.99. The minimum Gasteiger partial charge on any atom is -0.381 e. The van der Waals surface area contributed by atoms with Crippen LogP contribution < -0.4 is 0 Å². The number of nitrogens with zero attached hydrogens (tertiary/aromatic N) is 1. The van der Waals surface area contributed by atoms with E-state index in [2.05, 4.69) is 12.0 Å². The first-order valence-corrected chi connectivity index (χ1v) is 4.50. The van der Waals surface area contributed by atoms with Crippen molar-refractivity contribution in [2.45, 2.75) is 12.8 Å². The minimum atomic E-state index is 0.0528. The van der Waals surface area contributed by atoms with Crippen molar-refractivity contribution in [3.8, 4) is 12.0 Å². The van der Waals surface area contributed by atoms with Crippen LogP contribution in [0.5, 0.6) is 0 Å². The summed E-state index contributed by atoms with van der Waals surface area (Å²) in [7, 11) is 3.65. The summed E-state index contributed by atoms with van der Waals surface area (Å²) in [5.41, 5.74) is 0. The molecule has 0 N–H and O–H groups in total. The van der Waals surface area contributed by atoms with Crippen molar-refractivity contribution in [1.29, 1.82) is 0 Å². The summed E-state index contributed by atoms with van der Waals surface area (Å²) < 4.78 is 5.16. The van der Waals surface area contributed by atoms with Crippen LogP contribution in [-0.2, 0) is 9.53 Å². The minimum absolute atomic E-state index is 0.0528. The maximum Gasteiger partial charge on any atom is 0.210 e. The molecule has 0 radical (unpaired) electrons. The van der Waals surface area contributed by atoms with Gasteiger partial charge in [0.15, 0.2) is 0 Å². The Hall–Kier alpha value is -1.01. The maximum absolute atomic E-state index is 11.4. The fourth-order valence-corrected chi connectivity index (χ4v) is 1.23. The van der Waals surface area contributed by atoms with Crippen molar-refractivity contribution in [3.05, 3.63) is 0 Å². The number of hydrogen-bond donors (Lipinski definition) is 0. The van der Waals surface area contributed by atoms with Gasteiger partial charge < -0.3 is 9.64 Å². The van der Waals surface area contributed by atoms with E-state index < -0.39 is 0 Å². The van der Waals surface area contributed by atoms with E-state index in [1.165, 1.54) is 0 Å². The molecule has 3 nitrogen and oxygen atoms in total. The Morgan fingerprint density at radius 2 is 2.00 bits per heavy atom. The van der Waals surface area contributed by atoms with Gasteiger partial charge in [-0.05, 0) is 18.8 Å². The summed E-state index contributed by atoms with van der Waals surface area (Å²) in [6, 6.07) is 2.74. The first-order valence-electron chi connectivity index (χ1n) is 4.50. The molecule has 0 aromatic rings. The SMILES string of the molecule is CN(C)C#CC(=O)C1CCOCC1. The predicted molar refractivity (Wildman–Crippen MR) is 50.0 cm³/mol. The average molecular weight is 181 g/mol. The van der Waals surface area contributed by atoms with E-state index in [1.807, 2.05) is 14.1 Å². The molecular formula is C10H15NO2. The van der Waals surface area contributed by atoms with Crippen LogP contribution in [-0.4, -0.2) is 38.0 Å². The molecule has 0 atom stereocenters. The standard InChI is InChI=1S/C10H15NO2/c1-11(2)6-3-10(12)9-4-7-13-8-5-9/h9H,4-5,7-8H2,1-2H3. The van der Waals surface area contributed by atoms with Gasteiger partial charge in [-0.15, -0.1) is 0 Å². The molecule has 0 amide bonds. The van der Waals surface area contributed by atoms with Gasteiger partial charge in [0.2, 0.25) is 5.78 Å². The fourth-order valence-electron chi connectivity index (χ4n) is 1.23. The molecule has 13 heavy (non-hydrogen) atoms. The quantitative estimate of drug-likeness (QED) is 0.436. The van der Waals surface area contributed by atoms with Crippen molar-refractivity contribution in [2.24, 2.45) is 5.92 Å². The highest BCUT2D eigenvalue weighted by Gasteiger charge is 2.19. The lowest BCUT2D eigenvalue weighted by Crippen LogP contribution is -2.22. The Bertz CT molecular complexity index is 231. The molecule has 1 fully saturated rings. The molecule has 3 heteroatoms.